The molecule has 1 aliphatic carbocycles. The van der Waals surface area contributed by atoms with Gasteiger partial charge in [-0.15, -0.1) is 0 Å². The number of halogens is 1. The number of hydrogen-bond donors (Lipinski definition) is 1. The summed E-state index contributed by atoms with van der Waals surface area (Å²) in [7, 11) is 0. The van der Waals surface area contributed by atoms with Crippen LogP contribution in [0.15, 0.2) is 12.1 Å². The summed E-state index contributed by atoms with van der Waals surface area (Å²) < 4.78 is 24.3. The molecule has 1 saturated carbocycles. The van der Waals surface area contributed by atoms with Crippen molar-refractivity contribution in [1.29, 1.82) is 0 Å². The molecule has 4 nitrogen and oxygen atoms in total. The van der Waals surface area contributed by atoms with Crippen molar-refractivity contribution in [3.8, 4) is 11.5 Å². The molecule has 0 amide bonds. The Hall–Kier alpha value is -1.78. The van der Waals surface area contributed by atoms with Gasteiger partial charge in [-0.05, 0) is 30.4 Å². The highest BCUT2D eigenvalue weighted by Crippen LogP contribution is 2.47. The summed E-state index contributed by atoms with van der Waals surface area (Å²) in [6, 6.07) is 2.87. The van der Waals surface area contributed by atoms with E-state index in [1.54, 1.807) is 6.07 Å². The Morgan fingerprint density at radius 2 is 2.06 bits per heavy atom. The fraction of sp³-hybridized carbons (Fsp3) is 0.462. The lowest BCUT2D eigenvalue weighted by atomic mass is 9.90. The molecule has 1 aromatic carbocycles. The third kappa shape index (κ3) is 2.00. The van der Waals surface area contributed by atoms with E-state index in [9.17, 15) is 9.18 Å². The Labute approximate surface area is 103 Å². The van der Waals surface area contributed by atoms with Gasteiger partial charge in [0.1, 0.15) is 5.82 Å². The van der Waals surface area contributed by atoms with Crippen molar-refractivity contribution in [3.63, 3.8) is 0 Å². The second kappa shape index (κ2) is 4.15. The molecule has 0 saturated heterocycles. The van der Waals surface area contributed by atoms with Crippen LogP contribution in [0.3, 0.4) is 0 Å². The van der Waals surface area contributed by atoms with E-state index in [2.05, 4.69) is 0 Å². The minimum atomic E-state index is -0.899. The maximum absolute atomic E-state index is 14.0. The molecule has 5 heteroatoms. The Morgan fingerprint density at radius 1 is 1.39 bits per heavy atom. The maximum Gasteiger partial charge on any atom is 0.303 e. The number of aliphatic carboxylic acids is 1. The van der Waals surface area contributed by atoms with Crippen LogP contribution >= 0.6 is 0 Å². The second-order valence-electron chi connectivity index (χ2n) is 4.77. The average Bonchev–Trinajstić information content (AvgIpc) is 3.05. The molecule has 0 aromatic heterocycles. The number of rotatable bonds is 4. The summed E-state index contributed by atoms with van der Waals surface area (Å²) in [5, 5.41) is 8.93. The third-order valence-corrected chi connectivity index (χ3v) is 3.48. The minimum absolute atomic E-state index is 0.0404. The summed E-state index contributed by atoms with van der Waals surface area (Å²) in [6.07, 6.45) is 1.89. The zero-order valence-electron chi connectivity index (χ0n) is 9.69. The Balaban J connectivity index is 1.95. The highest BCUT2D eigenvalue weighted by atomic mass is 19.1. The lowest BCUT2D eigenvalue weighted by molar-refractivity contribution is -0.137. The monoisotopic (exact) mass is 252 g/mol. The summed E-state index contributed by atoms with van der Waals surface area (Å²) >= 11 is 0. The summed E-state index contributed by atoms with van der Waals surface area (Å²) in [6.45, 7) is 0.0885. The van der Waals surface area contributed by atoms with Crippen LogP contribution in [0, 0.1) is 11.7 Å². The first-order valence-electron chi connectivity index (χ1n) is 5.96. The fourth-order valence-corrected chi connectivity index (χ4v) is 2.43. The smallest absolute Gasteiger partial charge is 0.303 e. The number of benzene rings is 1. The standard InChI is InChI=1S/C13H13FO4/c14-10-5-12-11(17-6-18-12)3-9(10)8(4-13(15)16)7-1-2-7/h3,5,7-8H,1-2,4,6H2,(H,15,16). The molecule has 1 heterocycles. The molecule has 96 valence electrons. The van der Waals surface area contributed by atoms with Gasteiger partial charge in [0.25, 0.3) is 0 Å². The van der Waals surface area contributed by atoms with E-state index in [1.165, 1.54) is 6.07 Å². The van der Waals surface area contributed by atoms with Gasteiger partial charge in [-0.1, -0.05) is 0 Å². The van der Waals surface area contributed by atoms with Crippen molar-refractivity contribution >= 4 is 5.97 Å². The van der Waals surface area contributed by atoms with Crippen LogP contribution in [-0.4, -0.2) is 17.9 Å². The number of carbonyl (C=O) groups is 1. The zero-order chi connectivity index (χ0) is 12.7. The Bertz CT molecular complexity index is 496. The van der Waals surface area contributed by atoms with E-state index in [1.807, 2.05) is 0 Å². The molecule has 1 fully saturated rings. The lowest BCUT2D eigenvalue weighted by Gasteiger charge is -2.15. The van der Waals surface area contributed by atoms with Crippen LogP contribution in [0.4, 0.5) is 4.39 Å². The number of ether oxygens (including phenoxy) is 2. The molecule has 0 bridgehead atoms. The summed E-state index contributed by atoms with van der Waals surface area (Å²) in [4.78, 5) is 10.9. The molecule has 1 aliphatic heterocycles. The van der Waals surface area contributed by atoms with Crippen molar-refractivity contribution in [2.75, 3.05) is 6.79 Å². The molecule has 1 atom stereocenters. The van der Waals surface area contributed by atoms with E-state index >= 15 is 0 Å². The molecular formula is C13H13FO4. The third-order valence-electron chi connectivity index (χ3n) is 3.48. The number of hydrogen-bond acceptors (Lipinski definition) is 3. The van der Waals surface area contributed by atoms with Gasteiger partial charge in [-0.2, -0.15) is 0 Å². The largest absolute Gasteiger partial charge is 0.481 e. The molecule has 1 aromatic rings. The van der Waals surface area contributed by atoms with Crippen molar-refractivity contribution in [1.82, 2.24) is 0 Å². The van der Waals surface area contributed by atoms with E-state index in [0.717, 1.165) is 12.8 Å². The van der Waals surface area contributed by atoms with Gasteiger partial charge in [0, 0.05) is 12.0 Å². The average molecular weight is 252 g/mol. The predicted molar refractivity (Wildman–Crippen MR) is 60.2 cm³/mol. The van der Waals surface area contributed by atoms with Gasteiger partial charge in [-0.3, -0.25) is 4.79 Å². The van der Waals surface area contributed by atoms with Gasteiger partial charge < -0.3 is 14.6 Å². The quantitative estimate of drug-likeness (QED) is 0.894. The summed E-state index contributed by atoms with van der Waals surface area (Å²) in [5.41, 5.74) is 0.434. The van der Waals surface area contributed by atoms with E-state index < -0.39 is 11.8 Å². The highest BCUT2D eigenvalue weighted by Gasteiger charge is 2.36. The van der Waals surface area contributed by atoms with E-state index in [4.69, 9.17) is 14.6 Å². The molecule has 3 rings (SSSR count). The van der Waals surface area contributed by atoms with Gasteiger partial charge >= 0.3 is 5.97 Å². The Kier molecular flexibility index (Phi) is 2.61. The van der Waals surface area contributed by atoms with Crippen molar-refractivity contribution in [2.24, 2.45) is 5.92 Å². The van der Waals surface area contributed by atoms with E-state index in [0.29, 0.717) is 17.1 Å². The van der Waals surface area contributed by atoms with Gasteiger partial charge in [0.2, 0.25) is 6.79 Å². The van der Waals surface area contributed by atoms with Crippen LogP contribution in [0.25, 0.3) is 0 Å². The van der Waals surface area contributed by atoms with E-state index in [-0.39, 0.29) is 25.0 Å². The fourth-order valence-electron chi connectivity index (χ4n) is 2.43. The topological polar surface area (TPSA) is 55.8 Å². The molecule has 2 aliphatic rings. The number of carboxylic acid groups (broad SMARTS) is 1. The van der Waals surface area contributed by atoms with Crippen LogP contribution in [-0.2, 0) is 4.79 Å². The Morgan fingerprint density at radius 3 is 2.67 bits per heavy atom. The first-order chi connectivity index (χ1) is 8.65. The molecule has 1 unspecified atom stereocenters. The maximum atomic E-state index is 14.0. The van der Waals surface area contributed by atoms with Crippen molar-refractivity contribution < 1.29 is 23.8 Å². The lowest BCUT2D eigenvalue weighted by Crippen LogP contribution is -2.10. The van der Waals surface area contributed by atoms with Crippen LogP contribution in [0.2, 0.25) is 0 Å². The van der Waals surface area contributed by atoms with Gasteiger partial charge in [0.15, 0.2) is 11.5 Å². The first-order valence-corrected chi connectivity index (χ1v) is 5.96. The SMILES string of the molecule is O=C(O)CC(c1cc2c(cc1F)OCO2)C1CC1. The summed E-state index contributed by atoms with van der Waals surface area (Å²) in [5.74, 6) is -0.405. The number of carboxylic acids is 1. The molecular weight excluding hydrogens is 239 g/mol. The minimum Gasteiger partial charge on any atom is -0.481 e. The molecule has 18 heavy (non-hydrogen) atoms. The molecule has 0 radical (unpaired) electrons. The number of fused-ring (bicyclic) bond motifs is 1. The van der Waals surface area contributed by atoms with Gasteiger partial charge in [-0.25, -0.2) is 4.39 Å². The first kappa shape index (κ1) is 11.3. The van der Waals surface area contributed by atoms with Gasteiger partial charge in [0.05, 0.1) is 6.42 Å². The molecule has 1 N–H and O–H groups in total. The normalized spacial score (nSPS) is 18.7. The highest BCUT2D eigenvalue weighted by molar-refractivity contribution is 5.68. The van der Waals surface area contributed by atoms with Crippen LogP contribution < -0.4 is 9.47 Å². The van der Waals surface area contributed by atoms with Crippen LogP contribution in [0.5, 0.6) is 11.5 Å². The second-order valence-corrected chi connectivity index (χ2v) is 4.77. The molecule has 0 spiro atoms. The zero-order valence-corrected chi connectivity index (χ0v) is 9.69. The van der Waals surface area contributed by atoms with Crippen LogP contribution in [0.1, 0.15) is 30.7 Å². The predicted octanol–water partition coefficient (Wildman–Crippen LogP) is 2.52. The van der Waals surface area contributed by atoms with Crippen molar-refractivity contribution in [3.05, 3.63) is 23.5 Å². The van der Waals surface area contributed by atoms with Crippen molar-refractivity contribution in [2.45, 2.75) is 25.2 Å².